The molecule has 0 unspecified atom stereocenters. The van der Waals surface area contributed by atoms with Gasteiger partial charge in [-0.15, -0.1) is 13.2 Å². The average molecular weight is 235 g/mol. The third-order valence-corrected chi connectivity index (χ3v) is 2.62. The highest BCUT2D eigenvalue weighted by molar-refractivity contribution is 5.38. The predicted molar refractivity (Wildman–Crippen MR) is 75.5 cm³/mol. The monoisotopic (exact) mass is 235 g/mol. The number of ether oxygens (including phenoxy) is 1. The zero-order valence-electron chi connectivity index (χ0n) is 11.3. The van der Waals surface area contributed by atoms with Crippen LogP contribution in [0.3, 0.4) is 0 Å². The van der Waals surface area contributed by atoms with Crippen molar-refractivity contribution in [3.63, 3.8) is 0 Å². The Bertz CT molecular complexity index is 323. The number of hydrogen-bond donors (Lipinski definition) is 1. The number of fused-ring (bicyclic) bond motifs is 1. The summed E-state index contributed by atoms with van der Waals surface area (Å²) in [5, 5.41) is 0. The van der Waals surface area contributed by atoms with E-state index in [1.54, 1.807) is 0 Å². The normalized spacial score (nSPS) is 16.4. The molecule has 1 atom stereocenters. The second kappa shape index (κ2) is 8.82. The van der Waals surface area contributed by atoms with Gasteiger partial charge in [0.25, 0.3) is 0 Å². The molecule has 96 valence electrons. The molecule has 2 rings (SSSR count). The van der Waals surface area contributed by atoms with Crippen LogP contribution in [0.25, 0.3) is 0 Å². The van der Waals surface area contributed by atoms with E-state index in [0.717, 1.165) is 18.8 Å². The van der Waals surface area contributed by atoms with Crippen LogP contribution in [0.4, 0.5) is 0 Å². The van der Waals surface area contributed by atoms with Gasteiger partial charge in [0.1, 0.15) is 5.75 Å². The lowest BCUT2D eigenvalue weighted by atomic mass is 9.96. The lowest BCUT2D eigenvalue weighted by Gasteiger charge is -2.22. The molecule has 0 saturated carbocycles. The highest BCUT2D eigenvalue weighted by Gasteiger charge is 2.15. The van der Waals surface area contributed by atoms with Crippen LogP contribution in [0, 0.1) is 5.92 Å². The van der Waals surface area contributed by atoms with Crippen LogP contribution in [0.1, 0.15) is 25.0 Å². The number of nitrogens with two attached hydrogens (primary N) is 1. The smallest absolute Gasteiger partial charge is 0.122 e. The summed E-state index contributed by atoms with van der Waals surface area (Å²) in [4.78, 5) is 0. The van der Waals surface area contributed by atoms with Gasteiger partial charge in [0.05, 0.1) is 6.61 Å². The fourth-order valence-electron chi connectivity index (χ4n) is 1.82. The molecule has 1 aromatic rings. The van der Waals surface area contributed by atoms with E-state index in [1.807, 2.05) is 0 Å². The second-order valence-electron chi connectivity index (χ2n) is 3.92. The second-order valence-corrected chi connectivity index (χ2v) is 3.92. The van der Waals surface area contributed by atoms with Gasteiger partial charge in [-0.1, -0.05) is 26.0 Å². The van der Waals surface area contributed by atoms with Crippen molar-refractivity contribution in [3.05, 3.63) is 42.5 Å². The Hall–Kier alpha value is -1.28. The van der Waals surface area contributed by atoms with E-state index in [-0.39, 0.29) is 0 Å². The van der Waals surface area contributed by atoms with Crippen LogP contribution >= 0.6 is 0 Å². The number of aryl methyl sites for hydroxylation is 1. The molecule has 2 N–H and O–H groups in total. The first-order valence-electron chi connectivity index (χ1n) is 6.12. The minimum atomic E-state index is 0.666. The van der Waals surface area contributed by atoms with Crippen molar-refractivity contribution in [1.29, 1.82) is 0 Å². The number of hydrogen-bond acceptors (Lipinski definition) is 2. The average Bonchev–Trinajstić information content (AvgIpc) is 2.42. The summed E-state index contributed by atoms with van der Waals surface area (Å²) in [6, 6.07) is 6.56. The maximum Gasteiger partial charge on any atom is 0.122 e. The van der Waals surface area contributed by atoms with Crippen molar-refractivity contribution in [1.82, 2.24) is 0 Å². The van der Waals surface area contributed by atoms with Crippen molar-refractivity contribution >= 4 is 0 Å². The van der Waals surface area contributed by atoms with Crippen molar-refractivity contribution in [2.24, 2.45) is 11.7 Å². The van der Waals surface area contributed by atoms with Gasteiger partial charge in [-0.05, 0) is 43.0 Å². The van der Waals surface area contributed by atoms with Crippen LogP contribution in [0.2, 0.25) is 0 Å². The van der Waals surface area contributed by atoms with Gasteiger partial charge in [0.2, 0.25) is 0 Å². The lowest BCUT2D eigenvalue weighted by molar-refractivity contribution is 0.234. The van der Waals surface area contributed by atoms with Crippen LogP contribution in [0.15, 0.2) is 31.4 Å². The molecule has 0 bridgehead atoms. The molecule has 1 aromatic carbocycles. The van der Waals surface area contributed by atoms with Crippen molar-refractivity contribution in [3.8, 4) is 5.75 Å². The molecule has 2 heteroatoms. The van der Waals surface area contributed by atoms with Crippen LogP contribution < -0.4 is 10.5 Å². The van der Waals surface area contributed by atoms with E-state index in [0.29, 0.717) is 5.92 Å². The Morgan fingerprint density at radius 2 is 2.00 bits per heavy atom. The van der Waals surface area contributed by atoms with Gasteiger partial charge in [-0.3, -0.25) is 0 Å². The summed E-state index contributed by atoms with van der Waals surface area (Å²) in [5.41, 5.74) is 7.30. The maximum atomic E-state index is 5.64. The molecule has 1 aliphatic heterocycles. The molecule has 0 aliphatic carbocycles. The fourth-order valence-corrected chi connectivity index (χ4v) is 1.82. The topological polar surface area (TPSA) is 35.2 Å². The third kappa shape index (κ3) is 4.61. The van der Waals surface area contributed by atoms with Gasteiger partial charge >= 0.3 is 0 Å². The molecular weight excluding hydrogens is 210 g/mol. The van der Waals surface area contributed by atoms with Gasteiger partial charge in [-0.2, -0.15) is 0 Å². The first-order chi connectivity index (χ1) is 8.29. The zero-order valence-corrected chi connectivity index (χ0v) is 11.3. The highest BCUT2D eigenvalue weighted by Crippen LogP contribution is 2.27. The molecular formula is C15H25NO. The first-order valence-corrected chi connectivity index (χ1v) is 6.12. The summed E-state index contributed by atoms with van der Waals surface area (Å²) < 4.78 is 5.64. The van der Waals surface area contributed by atoms with E-state index < -0.39 is 0 Å². The molecule has 0 aromatic heterocycles. The predicted octanol–water partition coefficient (Wildman–Crippen LogP) is 3.20. The standard InChI is InChI=1S/C12H16O.C2H4.CH5N/c1-3-10-4-5-12-11(7-10)6-9(2)8-13-12;2*1-2/h4-5,7,9H,3,6,8H2,1-2H3;1-2H2;2H2,1H3/t9-;;/m0../s1. The number of rotatable bonds is 1. The molecule has 0 saturated heterocycles. The van der Waals surface area contributed by atoms with Crippen LogP contribution in [-0.4, -0.2) is 13.7 Å². The first kappa shape index (κ1) is 15.7. The number of benzene rings is 1. The minimum absolute atomic E-state index is 0.666. The summed E-state index contributed by atoms with van der Waals surface area (Å²) >= 11 is 0. The van der Waals surface area contributed by atoms with E-state index in [4.69, 9.17) is 4.74 Å². The minimum Gasteiger partial charge on any atom is -0.493 e. The van der Waals surface area contributed by atoms with Gasteiger partial charge in [0, 0.05) is 0 Å². The largest absolute Gasteiger partial charge is 0.493 e. The molecule has 0 spiro atoms. The van der Waals surface area contributed by atoms with E-state index in [1.165, 1.54) is 24.6 Å². The molecule has 0 radical (unpaired) electrons. The highest BCUT2D eigenvalue weighted by atomic mass is 16.5. The Balaban J connectivity index is 0.000000581. The molecule has 0 fully saturated rings. The Morgan fingerprint density at radius 3 is 2.59 bits per heavy atom. The molecule has 17 heavy (non-hydrogen) atoms. The van der Waals surface area contributed by atoms with Crippen molar-refractivity contribution in [2.75, 3.05) is 13.7 Å². The Labute approximate surface area is 105 Å². The van der Waals surface area contributed by atoms with Crippen LogP contribution in [0.5, 0.6) is 5.75 Å². The fraction of sp³-hybridized carbons (Fsp3) is 0.467. The molecule has 1 heterocycles. The van der Waals surface area contributed by atoms with Gasteiger partial charge in [-0.25, -0.2) is 0 Å². The zero-order chi connectivity index (χ0) is 13.3. The quantitative estimate of drug-likeness (QED) is 0.759. The Morgan fingerprint density at radius 1 is 1.35 bits per heavy atom. The van der Waals surface area contributed by atoms with Gasteiger partial charge in [0.15, 0.2) is 0 Å². The summed E-state index contributed by atoms with van der Waals surface area (Å²) in [6.45, 7) is 11.3. The summed E-state index contributed by atoms with van der Waals surface area (Å²) in [6.07, 6.45) is 2.28. The van der Waals surface area contributed by atoms with E-state index in [9.17, 15) is 0 Å². The van der Waals surface area contributed by atoms with Gasteiger partial charge < -0.3 is 10.5 Å². The lowest BCUT2D eigenvalue weighted by Crippen LogP contribution is -2.18. The van der Waals surface area contributed by atoms with Crippen molar-refractivity contribution < 1.29 is 4.74 Å². The van der Waals surface area contributed by atoms with E-state index in [2.05, 4.69) is 50.9 Å². The molecule has 2 nitrogen and oxygen atoms in total. The SMILES string of the molecule is C=C.CCc1ccc2c(c1)C[C@H](C)CO2.CN. The molecule has 0 amide bonds. The third-order valence-electron chi connectivity index (χ3n) is 2.62. The van der Waals surface area contributed by atoms with E-state index >= 15 is 0 Å². The summed E-state index contributed by atoms with van der Waals surface area (Å²) in [7, 11) is 1.50. The van der Waals surface area contributed by atoms with Crippen LogP contribution in [-0.2, 0) is 12.8 Å². The maximum absolute atomic E-state index is 5.64. The van der Waals surface area contributed by atoms with Crippen molar-refractivity contribution in [2.45, 2.75) is 26.7 Å². The Kier molecular flexibility index (Phi) is 8.16. The molecule has 1 aliphatic rings. The summed E-state index contributed by atoms with van der Waals surface area (Å²) in [5.74, 6) is 1.76.